The Labute approximate surface area is 489 Å². The van der Waals surface area contributed by atoms with Crippen molar-refractivity contribution in [3.63, 3.8) is 0 Å². The second-order valence-corrected chi connectivity index (χ2v) is 16.9. The Hall–Kier alpha value is -11.1. The van der Waals surface area contributed by atoms with Gasteiger partial charge >= 0.3 is 35.8 Å². The number of esters is 6. The Kier molecular flexibility index (Phi) is 29.0. The van der Waals surface area contributed by atoms with Crippen molar-refractivity contribution in [2.24, 2.45) is 0 Å². The minimum Gasteiger partial charge on any atom is -0.493 e. The van der Waals surface area contributed by atoms with Gasteiger partial charge in [-0.2, -0.15) is 10.5 Å². The Bertz CT molecular complexity index is 3410. The summed E-state index contributed by atoms with van der Waals surface area (Å²) >= 11 is 0. The lowest BCUT2D eigenvalue weighted by atomic mass is 10.0. The molecule has 0 saturated heterocycles. The first kappa shape index (κ1) is 67.2. The van der Waals surface area contributed by atoms with Gasteiger partial charge in [-0.3, -0.25) is 0 Å². The van der Waals surface area contributed by atoms with Gasteiger partial charge in [-0.1, -0.05) is 102 Å². The number of aryl methyl sites for hydroxylation is 1. The summed E-state index contributed by atoms with van der Waals surface area (Å²) in [6.45, 7) is 16.4. The highest BCUT2D eigenvalue weighted by molar-refractivity contribution is 5.92. The molecule has 7 rings (SSSR count). The van der Waals surface area contributed by atoms with Gasteiger partial charge in [-0.25, -0.2) is 28.8 Å². The Morgan fingerprint density at radius 3 is 1.19 bits per heavy atom. The molecular formula is C68H64N2O14. The molecule has 0 aliphatic carbocycles. The molecule has 0 aromatic heterocycles. The Morgan fingerprint density at radius 1 is 0.417 bits per heavy atom. The lowest BCUT2D eigenvalue weighted by molar-refractivity contribution is -0.139. The van der Waals surface area contributed by atoms with E-state index in [1.54, 1.807) is 104 Å². The third-order valence-corrected chi connectivity index (χ3v) is 11.1. The van der Waals surface area contributed by atoms with Gasteiger partial charge in [-0.15, -0.1) is 0 Å². The zero-order valence-corrected chi connectivity index (χ0v) is 44.8. The van der Waals surface area contributed by atoms with E-state index in [-0.39, 0.29) is 40.4 Å². The highest BCUT2D eigenvalue weighted by atomic mass is 16.6. The van der Waals surface area contributed by atoms with Crippen LogP contribution in [0.5, 0.6) is 28.7 Å². The highest BCUT2D eigenvalue weighted by Crippen LogP contribution is 2.27. The van der Waals surface area contributed by atoms with Crippen molar-refractivity contribution in [1.29, 1.82) is 10.5 Å². The zero-order chi connectivity index (χ0) is 59.1. The van der Waals surface area contributed by atoms with Gasteiger partial charge in [-0.05, 0) is 143 Å². The molecule has 0 unspecified atom stereocenters. The summed E-state index contributed by atoms with van der Waals surface area (Å²) in [6.07, 6.45) is 5.48. The van der Waals surface area contributed by atoms with Gasteiger partial charge in [0.1, 0.15) is 35.4 Å². The third kappa shape index (κ3) is 22.9. The fraction of sp³-hybridized carbons (Fsp3) is 0.147. The van der Waals surface area contributed by atoms with Gasteiger partial charge in [0.2, 0.25) is 0 Å². The first-order valence-electron chi connectivity index (χ1n) is 25.2. The fourth-order valence-corrected chi connectivity index (χ4v) is 6.81. The minimum absolute atomic E-state index is 0. The van der Waals surface area contributed by atoms with Crippen LogP contribution in [0.3, 0.4) is 0 Å². The molecule has 0 spiro atoms. The second-order valence-electron chi connectivity index (χ2n) is 16.9. The molecule has 0 N–H and O–H groups in total. The molecule has 0 radical (unpaired) electrons. The van der Waals surface area contributed by atoms with E-state index in [2.05, 4.69) is 38.5 Å². The normalized spacial score (nSPS) is 9.61. The van der Waals surface area contributed by atoms with Gasteiger partial charge in [0, 0.05) is 37.1 Å². The summed E-state index contributed by atoms with van der Waals surface area (Å²) in [5.41, 5.74) is 7.50. The van der Waals surface area contributed by atoms with E-state index in [9.17, 15) is 28.8 Å². The molecule has 7 aromatic rings. The molecule has 0 fully saturated rings. The molecule has 0 aliphatic heterocycles. The van der Waals surface area contributed by atoms with Crippen LogP contribution in [0.2, 0.25) is 0 Å². The van der Waals surface area contributed by atoms with Crippen molar-refractivity contribution < 1.29 is 66.7 Å². The van der Waals surface area contributed by atoms with Crippen molar-refractivity contribution in [1.82, 2.24) is 0 Å². The van der Waals surface area contributed by atoms with Crippen LogP contribution >= 0.6 is 0 Å². The average Bonchev–Trinajstić information content (AvgIpc) is 3.72. The van der Waals surface area contributed by atoms with Crippen LogP contribution in [0.1, 0.15) is 70.7 Å². The van der Waals surface area contributed by atoms with Crippen molar-refractivity contribution >= 4 is 35.8 Å². The summed E-state index contributed by atoms with van der Waals surface area (Å²) in [4.78, 5) is 69.3. The summed E-state index contributed by atoms with van der Waals surface area (Å²) in [5.74, 6) is -0.807. The Balaban J connectivity index is 0.000000373. The molecule has 0 heterocycles. The van der Waals surface area contributed by atoms with Crippen LogP contribution in [0, 0.1) is 29.6 Å². The quantitative estimate of drug-likeness (QED) is 0.0191. The van der Waals surface area contributed by atoms with E-state index in [0.29, 0.717) is 76.9 Å². The maximum atomic E-state index is 12.6. The number of carbonyl (C=O) groups is 6. The highest BCUT2D eigenvalue weighted by Gasteiger charge is 2.15. The van der Waals surface area contributed by atoms with Crippen LogP contribution in [0.15, 0.2) is 214 Å². The zero-order valence-electron chi connectivity index (χ0n) is 44.8. The molecule has 7 aromatic carbocycles. The second kappa shape index (κ2) is 36.2. The smallest absolute Gasteiger partial charge is 0.343 e. The summed E-state index contributed by atoms with van der Waals surface area (Å²) in [6, 6.07) is 51.3. The number of nitriles is 2. The number of benzene rings is 7. The average molecular weight is 1130 g/mol. The summed E-state index contributed by atoms with van der Waals surface area (Å²) in [5, 5.41) is 17.5. The van der Waals surface area contributed by atoms with Gasteiger partial charge in [0.25, 0.3) is 0 Å². The standard InChI is InChI=1S/C33H32O10.C17H13NO2.C16H11NO2.2CH4/c1-4-30(34)40-20-6-18-38-26-12-8-24(9-13-26)32(36)42-28-16-17-29(23(3)22-28)43-33(37)25-10-14-27(15-11-25)39-19-7-21-41-31(35)5-2;1-2-17(19)20-12-14-5-9-16(10-6-14)15-7-3-13(11-18)4-8-15;1-2-16(18)19-15-9-7-14(8-10-15)13-5-3-12(11-17)4-6-13;;/h4-5,8-17,22H,1-2,6-7,18-21H2,3H3;2-10H,1,12H2;2-10H,1H2;2*1H4. The fourth-order valence-electron chi connectivity index (χ4n) is 6.81. The van der Waals surface area contributed by atoms with E-state index in [1.807, 2.05) is 60.7 Å². The third-order valence-electron chi connectivity index (χ3n) is 11.1. The van der Waals surface area contributed by atoms with E-state index < -0.39 is 35.8 Å². The van der Waals surface area contributed by atoms with Crippen molar-refractivity contribution in [2.75, 3.05) is 26.4 Å². The molecule has 430 valence electrons. The summed E-state index contributed by atoms with van der Waals surface area (Å²) < 4.78 is 41.9. The molecule has 0 bridgehead atoms. The molecule has 16 nitrogen and oxygen atoms in total. The monoisotopic (exact) mass is 1130 g/mol. The molecule has 0 aliphatic rings. The molecular weight excluding hydrogens is 1070 g/mol. The lowest BCUT2D eigenvalue weighted by Crippen LogP contribution is -2.11. The number of hydrogen-bond acceptors (Lipinski definition) is 16. The van der Waals surface area contributed by atoms with Crippen molar-refractivity contribution in [2.45, 2.75) is 41.2 Å². The summed E-state index contributed by atoms with van der Waals surface area (Å²) in [7, 11) is 0. The van der Waals surface area contributed by atoms with Gasteiger partial charge in [0.15, 0.2) is 0 Å². The molecule has 0 amide bonds. The maximum Gasteiger partial charge on any atom is 0.343 e. The van der Waals surface area contributed by atoms with Crippen LogP contribution in [-0.2, 0) is 40.0 Å². The Morgan fingerprint density at radius 2 is 0.786 bits per heavy atom. The predicted octanol–water partition coefficient (Wildman–Crippen LogP) is 13.5. The molecule has 16 heteroatoms. The van der Waals surface area contributed by atoms with E-state index in [4.69, 9.17) is 48.4 Å². The lowest BCUT2D eigenvalue weighted by Gasteiger charge is -2.11. The van der Waals surface area contributed by atoms with Gasteiger partial charge < -0.3 is 37.9 Å². The van der Waals surface area contributed by atoms with E-state index >= 15 is 0 Å². The van der Waals surface area contributed by atoms with Gasteiger partial charge in [0.05, 0.1) is 60.8 Å². The van der Waals surface area contributed by atoms with E-state index in [0.717, 1.165) is 52.1 Å². The first-order valence-corrected chi connectivity index (χ1v) is 25.2. The number of carbonyl (C=O) groups excluding carboxylic acids is 6. The van der Waals surface area contributed by atoms with E-state index in [1.165, 1.54) is 6.07 Å². The number of nitrogens with zero attached hydrogens (tertiary/aromatic N) is 2. The van der Waals surface area contributed by atoms with Crippen LogP contribution in [-0.4, -0.2) is 62.2 Å². The van der Waals surface area contributed by atoms with Crippen molar-refractivity contribution in [3.8, 4) is 63.1 Å². The maximum absolute atomic E-state index is 12.6. The molecule has 84 heavy (non-hydrogen) atoms. The van der Waals surface area contributed by atoms with Crippen LogP contribution in [0.25, 0.3) is 22.3 Å². The number of rotatable bonds is 23. The molecule has 0 saturated carbocycles. The molecule has 0 atom stereocenters. The number of hydrogen-bond donors (Lipinski definition) is 0. The van der Waals surface area contributed by atoms with Crippen molar-refractivity contribution in [3.05, 3.63) is 248 Å². The van der Waals surface area contributed by atoms with Crippen LogP contribution < -0.4 is 23.7 Å². The topological polar surface area (TPSA) is 224 Å². The minimum atomic E-state index is -0.563. The van der Waals surface area contributed by atoms with Crippen LogP contribution in [0.4, 0.5) is 0 Å². The largest absolute Gasteiger partial charge is 0.493 e. The number of ether oxygens (including phenoxy) is 8. The first-order chi connectivity index (χ1) is 39.7. The SMILES string of the molecule is C.C.C=CC(=O)OCCCOc1ccc(C(=O)Oc2ccc(OC(=O)c3ccc(OCCCOC(=O)C=C)cc3)c(C)c2)cc1.C=CC(=O)OCc1ccc(-c2ccc(C#N)cc2)cc1.C=CC(=O)Oc1ccc(-c2ccc(C#N)cc2)cc1. The predicted molar refractivity (Wildman–Crippen MR) is 319 cm³/mol.